The van der Waals surface area contributed by atoms with E-state index < -0.39 is 0 Å². The van der Waals surface area contributed by atoms with Gasteiger partial charge in [-0.05, 0) is 23.8 Å². The van der Waals surface area contributed by atoms with E-state index in [1.54, 1.807) is 22.9 Å². The van der Waals surface area contributed by atoms with Crippen LogP contribution >= 0.6 is 34.5 Å². The van der Waals surface area contributed by atoms with Gasteiger partial charge in [0, 0.05) is 6.20 Å². The minimum absolute atomic E-state index is 0.0296. The third-order valence-corrected chi connectivity index (χ3v) is 4.24. The van der Waals surface area contributed by atoms with Crippen LogP contribution in [0.3, 0.4) is 0 Å². The average Bonchev–Trinajstić information content (AvgIpc) is 2.70. The summed E-state index contributed by atoms with van der Waals surface area (Å²) in [7, 11) is 0. The summed E-state index contributed by atoms with van der Waals surface area (Å²) in [5, 5.41) is 1.02. The summed E-state index contributed by atoms with van der Waals surface area (Å²) in [6.45, 7) is 0.437. The predicted molar refractivity (Wildman–Crippen MR) is 79.4 cm³/mol. The number of benzene rings is 1. The van der Waals surface area contributed by atoms with Gasteiger partial charge in [-0.3, -0.25) is 9.36 Å². The fourth-order valence-electron chi connectivity index (χ4n) is 1.91. The van der Waals surface area contributed by atoms with E-state index in [-0.39, 0.29) is 4.87 Å². The van der Waals surface area contributed by atoms with Crippen molar-refractivity contribution in [1.82, 2.24) is 9.55 Å². The molecule has 2 aromatic heterocycles. The second kappa shape index (κ2) is 4.96. The average molecular weight is 311 g/mol. The summed E-state index contributed by atoms with van der Waals surface area (Å²) in [6.07, 6.45) is 1.66. The Kier molecular flexibility index (Phi) is 3.31. The van der Waals surface area contributed by atoms with Gasteiger partial charge in [-0.1, -0.05) is 46.7 Å². The Balaban J connectivity index is 2.12. The van der Waals surface area contributed by atoms with Gasteiger partial charge in [-0.25, -0.2) is 4.98 Å². The van der Waals surface area contributed by atoms with E-state index in [0.29, 0.717) is 16.7 Å². The third kappa shape index (κ3) is 2.39. The Morgan fingerprint density at radius 1 is 1.21 bits per heavy atom. The highest BCUT2D eigenvalue weighted by molar-refractivity contribution is 7.16. The molecular formula is C13H8Cl2N2OS. The van der Waals surface area contributed by atoms with Crippen LogP contribution in [0.1, 0.15) is 5.56 Å². The van der Waals surface area contributed by atoms with Gasteiger partial charge in [0.15, 0.2) is 0 Å². The third-order valence-electron chi connectivity index (χ3n) is 2.77. The van der Waals surface area contributed by atoms with Crippen molar-refractivity contribution in [3.8, 4) is 0 Å². The smallest absolute Gasteiger partial charge is 0.293 e. The monoisotopic (exact) mass is 310 g/mol. The fraction of sp³-hybridized carbons (Fsp3) is 0.0769. The summed E-state index contributed by atoms with van der Waals surface area (Å²) in [4.78, 5) is 16.0. The lowest BCUT2D eigenvalue weighted by atomic mass is 10.2. The number of hydrogen-bond acceptors (Lipinski definition) is 3. The van der Waals surface area contributed by atoms with Crippen molar-refractivity contribution in [2.45, 2.75) is 6.54 Å². The van der Waals surface area contributed by atoms with E-state index in [9.17, 15) is 4.79 Å². The van der Waals surface area contributed by atoms with Gasteiger partial charge in [0.1, 0.15) is 5.15 Å². The van der Waals surface area contributed by atoms with Gasteiger partial charge >= 0.3 is 4.87 Å². The van der Waals surface area contributed by atoms with Crippen LogP contribution < -0.4 is 4.87 Å². The molecule has 0 amide bonds. The summed E-state index contributed by atoms with van der Waals surface area (Å²) in [5.74, 6) is 0. The first-order valence-corrected chi connectivity index (χ1v) is 7.10. The maximum atomic E-state index is 12.0. The van der Waals surface area contributed by atoms with Crippen LogP contribution in [0.5, 0.6) is 0 Å². The van der Waals surface area contributed by atoms with Crippen LogP contribution in [0, 0.1) is 0 Å². The zero-order chi connectivity index (χ0) is 13.4. The summed E-state index contributed by atoms with van der Waals surface area (Å²) in [6, 6.07) is 9.07. The predicted octanol–water partition coefficient (Wildman–Crippen LogP) is 3.81. The fourth-order valence-corrected chi connectivity index (χ4v) is 3.27. The Morgan fingerprint density at radius 3 is 2.79 bits per heavy atom. The van der Waals surface area contributed by atoms with E-state index in [1.807, 2.05) is 18.2 Å². The molecular weight excluding hydrogens is 303 g/mol. The molecule has 0 saturated carbocycles. The number of para-hydroxylation sites is 1. The molecule has 3 aromatic rings. The minimum Gasteiger partial charge on any atom is -0.293 e. The minimum atomic E-state index is -0.0296. The maximum absolute atomic E-state index is 12.0. The van der Waals surface area contributed by atoms with Gasteiger partial charge in [0.25, 0.3) is 0 Å². The highest BCUT2D eigenvalue weighted by atomic mass is 35.5. The van der Waals surface area contributed by atoms with Crippen molar-refractivity contribution in [2.24, 2.45) is 0 Å². The molecule has 2 heterocycles. The van der Waals surface area contributed by atoms with Crippen LogP contribution in [-0.2, 0) is 6.54 Å². The van der Waals surface area contributed by atoms with E-state index in [2.05, 4.69) is 4.98 Å². The van der Waals surface area contributed by atoms with Crippen molar-refractivity contribution in [2.75, 3.05) is 0 Å². The topological polar surface area (TPSA) is 34.9 Å². The molecule has 6 heteroatoms. The largest absolute Gasteiger partial charge is 0.308 e. The van der Waals surface area contributed by atoms with Crippen molar-refractivity contribution in [3.63, 3.8) is 0 Å². The number of halogens is 2. The molecule has 0 bridgehead atoms. The van der Waals surface area contributed by atoms with Gasteiger partial charge in [0.05, 0.1) is 21.8 Å². The molecule has 0 atom stereocenters. The maximum Gasteiger partial charge on any atom is 0.308 e. The lowest BCUT2D eigenvalue weighted by molar-refractivity contribution is 0.811. The van der Waals surface area contributed by atoms with E-state index >= 15 is 0 Å². The van der Waals surface area contributed by atoms with Crippen LogP contribution in [-0.4, -0.2) is 9.55 Å². The molecule has 0 unspecified atom stereocenters. The summed E-state index contributed by atoms with van der Waals surface area (Å²) in [5.41, 5.74) is 1.68. The molecule has 0 N–H and O–H groups in total. The number of rotatable bonds is 2. The molecule has 3 nitrogen and oxygen atoms in total. The Hall–Kier alpha value is -1.36. The molecule has 0 aliphatic rings. The molecule has 0 radical (unpaired) electrons. The number of nitrogens with zero attached hydrogens (tertiary/aromatic N) is 2. The number of fused-ring (bicyclic) bond motifs is 1. The molecule has 19 heavy (non-hydrogen) atoms. The van der Waals surface area contributed by atoms with Crippen molar-refractivity contribution >= 4 is 44.8 Å². The van der Waals surface area contributed by atoms with Crippen molar-refractivity contribution in [1.29, 1.82) is 0 Å². The van der Waals surface area contributed by atoms with Crippen LogP contribution in [0.4, 0.5) is 0 Å². The second-order valence-electron chi connectivity index (χ2n) is 4.03. The first kappa shape index (κ1) is 12.7. The highest BCUT2D eigenvalue weighted by Gasteiger charge is 2.11. The standard InChI is InChI=1S/C13H8Cl2N2OS/c14-9-2-1-3-10-12(9)17(13(18)19-10)7-8-4-5-11(15)16-6-8/h1-6H,7H2. The number of pyridine rings is 1. The molecule has 0 spiro atoms. The zero-order valence-corrected chi connectivity index (χ0v) is 12.0. The molecule has 1 aromatic carbocycles. The summed E-state index contributed by atoms with van der Waals surface area (Å²) >= 11 is 13.1. The van der Waals surface area contributed by atoms with Crippen LogP contribution in [0.2, 0.25) is 10.2 Å². The Morgan fingerprint density at radius 2 is 2.05 bits per heavy atom. The Bertz CT molecular complexity index is 793. The second-order valence-corrected chi connectivity index (χ2v) is 5.82. The zero-order valence-electron chi connectivity index (χ0n) is 9.64. The van der Waals surface area contributed by atoms with Gasteiger partial charge < -0.3 is 0 Å². The van der Waals surface area contributed by atoms with E-state index in [0.717, 1.165) is 15.8 Å². The molecule has 0 aliphatic heterocycles. The van der Waals surface area contributed by atoms with Gasteiger partial charge in [-0.15, -0.1) is 0 Å². The number of aromatic nitrogens is 2. The van der Waals surface area contributed by atoms with Gasteiger partial charge in [-0.2, -0.15) is 0 Å². The molecule has 0 aliphatic carbocycles. The van der Waals surface area contributed by atoms with Crippen molar-refractivity contribution in [3.05, 3.63) is 61.9 Å². The SMILES string of the molecule is O=c1sc2cccc(Cl)c2n1Cc1ccc(Cl)nc1. The first-order chi connectivity index (χ1) is 9.15. The van der Waals surface area contributed by atoms with Crippen LogP contribution in [0.25, 0.3) is 10.2 Å². The number of hydrogen-bond donors (Lipinski definition) is 0. The molecule has 0 fully saturated rings. The normalized spacial score (nSPS) is 11.1. The van der Waals surface area contributed by atoms with E-state index in [4.69, 9.17) is 23.2 Å². The lowest BCUT2D eigenvalue weighted by Gasteiger charge is -2.05. The van der Waals surface area contributed by atoms with Crippen molar-refractivity contribution < 1.29 is 0 Å². The molecule has 3 rings (SSSR count). The number of thiazole rings is 1. The Labute approximate surface area is 123 Å². The summed E-state index contributed by atoms with van der Waals surface area (Å²) < 4.78 is 2.55. The molecule has 96 valence electrons. The van der Waals surface area contributed by atoms with Gasteiger partial charge in [0.2, 0.25) is 0 Å². The molecule has 0 saturated heterocycles. The first-order valence-electron chi connectivity index (χ1n) is 5.53. The van der Waals surface area contributed by atoms with Crippen LogP contribution in [0.15, 0.2) is 41.3 Å². The highest BCUT2D eigenvalue weighted by Crippen LogP contribution is 2.25. The lowest BCUT2D eigenvalue weighted by Crippen LogP contribution is -2.13. The van der Waals surface area contributed by atoms with E-state index in [1.165, 1.54) is 11.3 Å². The quantitative estimate of drug-likeness (QED) is 0.675.